The Morgan fingerprint density at radius 3 is 2.81 bits per heavy atom. The second-order valence-corrected chi connectivity index (χ2v) is 6.63. The van der Waals surface area contributed by atoms with Gasteiger partial charge in [-0.15, -0.1) is 24.0 Å². The average molecular weight is 480 g/mol. The molecule has 1 unspecified atom stereocenters. The van der Waals surface area contributed by atoms with Crippen molar-refractivity contribution in [1.82, 2.24) is 15.2 Å². The topological polar surface area (TPSA) is 49.8 Å². The van der Waals surface area contributed by atoms with E-state index in [-0.39, 0.29) is 24.0 Å². The number of hydrogen-bond donors (Lipinski definition) is 1. The summed E-state index contributed by atoms with van der Waals surface area (Å²) in [4.78, 5) is 11.0. The Morgan fingerprint density at radius 2 is 2.07 bits per heavy atom. The molecule has 1 aromatic heterocycles. The summed E-state index contributed by atoms with van der Waals surface area (Å²) >= 11 is 0. The number of hydrogen-bond acceptors (Lipinski definition) is 3. The van der Waals surface area contributed by atoms with Gasteiger partial charge in [0.15, 0.2) is 5.96 Å². The van der Waals surface area contributed by atoms with Crippen LogP contribution in [0.2, 0.25) is 0 Å². The molecule has 0 bridgehead atoms. The first-order chi connectivity index (χ1) is 12.8. The number of nitrogens with zero attached hydrogens (tertiary/aromatic N) is 3. The van der Waals surface area contributed by atoms with E-state index in [1.54, 1.807) is 6.20 Å². The van der Waals surface area contributed by atoms with Crippen molar-refractivity contribution in [1.29, 1.82) is 0 Å². The average Bonchev–Trinajstić information content (AvgIpc) is 3.12. The number of ether oxygens (including phenoxy) is 1. The Morgan fingerprint density at radius 1 is 1.26 bits per heavy atom. The highest BCUT2D eigenvalue weighted by Crippen LogP contribution is 2.21. The summed E-state index contributed by atoms with van der Waals surface area (Å²) in [6, 6.07) is 14.7. The summed E-state index contributed by atoms with van der Waals surface area (Å²) in [5.41, 5.74) is 2.56. The number of aromatic nitrogens is 1. The molecule has 1 N–H and O–H groups in total. The maximum Gasteiger partial charge on any atom is 0.213 e. The smallest absolute Gasteiger partial charge is 0.213 e. The van der Waals surface area contributed by atoms with Gasteiger partial charge in [0.1, 0.15) is 0 Å². The van der Waals surface area contributed by atoms with E-state index in [1.807, 2.05) is 26.1 Å². The molecule has 2 heterocycles. The highest BCUT2D eigenvalue weighted by atomic mass is 127. The fourth-order valence-corrected chi connectivity index (χ4v) is 3.44. The van der Waals surface area contributed by atoms with E-state index in [0.717, 1.165) is 37.6 Å². The first kappa shape index (κ1) is 21.5. The summed E-state index contributed by atoms with van der Waals surface area (Å²) in [5, 5.41) is 3.47. The number of benzene rings is 1. The van der Waals surface area contributed by atoms with Crippen LogP contribution in [0.3, 0.4) is 0 Å². The van der Waals surface area contributed by atoms with Gasteiger partial charge in [0.2, 0.25) is 5.88 Å². The van der Waals surface area contributed by atoms with Crippen LogP contribution in [0.15, 0.2) is 53.7 Å². The monoisotopic (exact) mass is 480 g/mol. The molecule has 1 atom stereocenters. The zero-order valence-electron chi connectivity index (χ0n) is 16.1. The van der Waals surface area contributed by atoms with Crippen LogP contribution in [-0.4, -0.2) is 42.6 Å². The van der Waals surface area contributed by atoms with Gasteiger partial charge in [-0.1, -0.05) is 30.3 Å². The van der Waals surface area contributed by atoms with E-state index in [4.69, 9.17) is 4.74 Å². The van der Waals surface area contributed by atoms with Crippen molar-refractivity contribution >= 4 is 29.9 Å². The van der Waals surface area contributed by atoms with E-state index < -0.39 is 0 Å². The second kappa shape index (κ2) is 11.1. The largest absolute Gasteiger partial charge is 0.478 e. The van der Waals surface area contributed by atoms with Crippen LogP contribution in [0.25, 0.3) is 0 Å². The number of aliphatic imine (C=N–C) groups is 1. The Bertz CT molecular complexity index is 723. The summed E-state index contributed by atoms with van der Waals surface area (Å²) < 4.78 is 5.47. The first-order valence-electron chi connectivity index (χ1n) is 9.35. The minimum atomic E-state index is 0. The van der Waals surface area contributed by atoms with Gasteiger partial charge in [-0.2, -0.15) is 0 Å². The van der Waals surface area contributed by atoms with Gasteiger partial charge in [-0.05, 0) is 42.9 Å². The molecule has 1 aliphatic heterocycles. The van der Waals surface area contributed by atoms with Crippen molar-refractivity contribution in [3.8, 4) is 5.88 Å². The fraction of sp³-hybridized carbons (Fsp3) is 0.429. The maximum absolute atomic E-state index is 5.47. The van der Waals surface area contributed by atoms with Crippen LogP contribution in [0, 0.1) is 5.92 Å². The lowest BCUT2D eigenvalue weighted by molar-refractivity contribution is 0.326. The molecule has 146 valence electrons. The molecule has 5 nitrogen and oxygen atoms in total. The molecule has 3 rings (SSSR count). The predicted molar refractivity (Wildman–Crippen MR) is 121 cm³/mol. The third-order valence-electron chi connectivity index (χ3n) is 4.71. The summed E-state index contributed by atoms with van der Waals surface area (Å²) in [5.74, 6) is 2.32. The van der Waals surface area contributed by atoms with Crippen LogP contribution in [0.5, 0.6) is 5.88 Å². The molecular formula is C21H29IN4O. The van der Waals surface area contributed by atoms with Crippen molar-refractivity contribution in [2.24, 2.45) is 10.9 Å². The van der Waals surface area contributed by atoms with Crippen LogP contribution < -0.4 is 10.1 Å². The predicted octanol–water partition coefficient (Wildman–Crippen LogP) is 3.74. The van der Waals surface area contributed by atoms with Gasteiger partial charge in [0, 0.05) is 38.9 Å². The molecule has 0 radical (unpaired) electrons. The molecule has 1 saturated heterocycles. The van der Waals surface area contributed by atoms with Crippen molar-refractivity contribution in [2.75, 3.05) is 26.7 Å². The van der Waals surface area contributed by atoms with Crippen LogP contribution >= 0.6 is 24.0 Å². The van der Waals surface area contributed by atoms with Gasteiger partial charge in [0.25, 0.3) is 0 Å². The second-order valence-electron chi connectivity index (χ2n) is 6.63. The number of guanidine groups is 1. The van der Waals surface area contributed by atoms with Crippen molar-refractivity contribution in [3.05, 3.63) is 59.8 Å². The summed E-state index contributed by atoms with van der Waals surface area (Å²) in [6.45, 7) is 5.41. The molecule has 0 aliphatic carbocycles. The quantitative estimate of drug-likeness (QED) is 0.389. The number of nitrogens with one attached hydrogen (secondary N) is 1. The van der Waals surface area contributed by atoms with E-state index in [1.165, 1.54) is 12.0 Å². The number of rotatable bonds is 6. The van der Waals surface area contributed by atoms with Crippen LogP contribution in [0.1, 0.15) is 24.5 Å². The number of halogens is 1. The standard InChI is InChI=1S/C21H28N4O.HI/c1-3-26-20-14-18(9-11-23-20)15-24-21(22-2)25-12-10-19(16-25)13-17-7-5-4-6-8-17;/h4-9,11,14,19H,3,10,12-13,15-16H2,1-2H3,(H,22,24);1H. The SMILES string of the molecule is CCOc1cc(CNC(=NC)N2CCC(Cc3ccccc3)C2)ccn1.I. The van der Waals surface area contributed by atoms with Crippen LogP contribution in [0.4, 0.5) is 0 Å². The zero-order valence-corrected chi connectivity index (χ0v) is 18.4. The summed E-state index contributed by atoms with van der Waals surface area (Å²) in [7, 11) is 1.85. The molecule has 0 spiro atoms. The highest BCUT2D eigenvalue weighted by molar-refractivity contribution is 14.0. The molecule has 1 aromatic carbocycles. The van der Waals surface area contributed by atoms with E-state index >= 15 is 0 Å². The Balaban J connectivity index is 0.00000261. The van der Waals surface area contributed by atoms with Crippen molar-refractivity contribution in [2.45, 2.75) is 26.3 Å². The highest BCUT2D eigenvalue weighted by Gasteiger charge is 2.24. The lowest BCUT2D eigenvalue weighted by Gasteiger charge is -2.22. The van der Waals surface area contributed by atoms with Gasteiger partial charge < -0.3 is 15.0 Å². The molecule has 1 aliphatic rings. The molecule has 1 fully saturated rings. The van der Waals surface area contributed by atoms with Gasteiger partial charge >= 0.3 is 0 Å². The molecule has 0 saturated carbocycles. The van der Waals surface area contributed by atoms with Gasteiger partial charge in [-0.25, -0.2) is 4.98 Å². The Hall–Kier alpha value is -1.83. The minimum Gasteiger partial charge on any atom is -0.478 e. The first-order valence-corrected chi connectivity index (χ1v) is 9.35. The molecule has 2 aromatic rings. The summed E-state index contributed by atoms with van der Waals surface area (Å²) in [6.07, 6.45) is 4.13. The number of likely N-dealkylation sites (tertiary alicyclic amines) is 1. The normalized spacial score (nSPS) is 16.7. The van der Waals surface area contributed by atoms with Gasteiger partial charge in [-0.3, -0.25) is 4.99 Å². The minimum absolute atomic E-state index is 0. The fourth-order valence-electron chi connectivity index (χ4n) is 3.44. The lowest BCUT2D eigenvalue weighted by atomic mass is 9.99. The zero-order chi connectivity index (χ0) is 18.2. The third-order valence-corrected chi connectivity index (χ3v) is 4.71. The van der Waals surface area contributed by atoms with Crippen molar-refractivity contribution in [3.63, 3.8) is 0 Å². The third kappa shape index (κ3) is 6.37. The van der Waals surface area contributed by atoms with Crippen LogP contribution in [-0.2, 0) is 13.0 Å². The molecule has 27 heavy (non-hydrogen) atoms. The maximum atomic E-state index is 5.47. The van der Waals surface area contributed by atoms with Gasteiger partial charge in [0.05, 0.1) is 6.61 Å². The van der Waals surface area contributed by atoms with E-state index in [9.17, 15) is 0 Å². The molecule has 6 heteroatoms. The van der Waals surface area contributed by atoms with E-state index in [0.29, 0.717) is 18.4 Å². The molecule has 0 amide bonds. The molecular weight excluding hydrogens is 451 g/mol. The Labute approximate surface area is 179 Å². The number of pyridine rings is 1. The lowest BCUT2D eigenvalue weighted by Crippen LogP contribution is -2.39. The van der Waals surface area contributed by atoms with Crippen molar-refractivity contribution < 1.29 is 4.74 Å². The van der Waals surface area contributed by atoms with E-state index in [2.05, 4.69) is 50.5 Å². The Kier molecular flexibility index (Phi) is 8.84.